The first-order valence-electron chi connectivity index (χ1n) is 11.1. The normalized spacial score (nSPS) is 20.3. The van der Waals surface area contributed by atoms with Crippen LogP contribution < -0.4 is 9.47 Å². The topological polar surface area (TPSA) is 59.1 Å². The van der Waals surface area contributed by atoms with E-state index in [0.717, 1.165) is 36.1 Å². The Labute approximate surface area is 187 Å². The summed E-state index contributed by atoms with van der Waals surface area (Å²) >= 11 is 1.60. The van der Waals surface area contributed by atoms with Crippen LogP contribution in [0.1, 0.15) is 55.5 Å². The third kappa shape index (κ3) is 4.56. The smallest absolute Gasteiger partial charge is 0.250 e. The van der Waals surface area contributed by atoms with Crippen molar-refractivity contribution in [2.24, 2.45) is 0 Å². The minimum atomic E-state index is -0.658. The van der Waals surface area contributed by atoms with Crippen molar-refractivity contribution < 1.29 is 19.1 Å². The average molecular weight is 443 g/mol. The fraction of sp³-hybridized carbons (Fsp3) is 0.500. The molecule has 2 heterocycles. The van der Waals surface area contributed by atoms with Crippen LogP contribution in [0.4, 0.5) is 0 Å². The average Bonchev–Trinajstić information content (AvgIpc) is 3.31. The van der Waals surface area contributed by atoms with Gasteiger partial charge in [0.1, 0.15) is 12.6 Å². The number of hydrogen-bond donors (Lipinski definition) is 0. The lowest BCUT2D eigenvalue weighted by Crippen LogP contribution is -2.58. The fourth-order valence-electron chi connectivity index (χ4n) is 4.65. The quantitative estimate of drug-likeness (QED) is 0.638. The number of ether oxygens (including phenoxy) is 2. The van der Waals surface area contributed by atoms with Gasteiger partial charge < -0.3 is 19.3 Å². The van der Waals surface area contributed by atoms with Crippen molar-refractivity contribution in [2.45, 2.75) is 57.7 Å². The second-order valence-electron chi connectivity index (χ2n) is 8.10. The summed E-state index contributed by atoms with van der Waals surface area (Å²) in [4.78, 5) is 31.7. The number of rotatable bonds is 7. The van der Waals surface area contributed by atoms with E-state index in [1.807, 2.05) is 47.5 Å². The van der Waals surface area contributed by atoms with Crippen LogP contribution in [0.5, 0.6) is 11.5 Å². The Kier molecular flexibility index (Phi) is 6.80. The van der Waals surface area contributed by atoms with Gasteiger partial charge in [0.2, 0.25) is 5.91 Å². The summed E-state index contributed by atoms with van der Waals surface area (Å²) in [7, 11) is 1.59. The number of carbonyl (C=O) groups is 2. The predicted octanol–water partition coefficient (Wildman–Crippen LogP) is 4.40. The minimum absolute atomic E-state index is 0.00331. The van der Waals surface area contributed by atoms with Crippen molar-refractivity contribution in [3.05, 3.63) is 46.2 Å². The number of carbonyl (C=O) groups excluding carboxylic acids is 2. The zero-order valence-electron chi connectivity index (χ0n) is 18.2. The molecule has 2 fully saturated rings. The Morgan fingerprint density at radius 1 is 1.10 bits per heavy atom. The zero-order valence-corrected chi connectivity index (χ0v) is 19.0. The molecule has 166 valence electrons. The van der Waals surface area contributed by atoms with E-state index < -0.39 is 6.04 Å². The van der Waals surface area contributed by atoms with Crippen LogP contribution in [0.25, 0.3) is 0 Å². The summed E-state index contributed by atoms with van der Waals surface area (Å²) in [6.45, 7) is 3.04. The molecule has 1 atom stereocenters. The summed E-state index contributed by atoms with van der Waals surface area (Å²) in [6.07, 6.45) is 5.38. The van der Waals surface area contributed by atoms with Crippen molar-refractivity contribution in [3.63, 3.8) is 0 Å². The summed E-state index contributed by atoms with van der Waals surface area (Å²) in [5.74, 6) is 1.22. The van der Waals surface area contributed by atoms with Crippen LogP contribution in [-0.2, 0) is 16.1 Å². The van der Waals surface area contributed by atoms with Crippen molar-refractivity contribution in [1.29, 1.82) is 0 Å². The van der Waals surface area contributed by atoms with Gasteiger partial charge in [-0.25, -0.2) is 0 Å². The van der Waals surface area contributed by atoms with Gasteiger partial charge >= 0.3 is 0 Å². The molecule has 0 N–H and O–H groups in total. The number of hydrogen-bond acceptors (Lipinski definition) is 5. The molecule has 2 aliphatic rings. The molecular weight excluding hydrogens is 412 g/mol. The van der Waals surface area contributed by atoms with Crippen LogP contribution >= 0.6 is 11.3 Å². The van der Waals surface area contributed by atoms with Crippen molar-refractivity contribution >= 4 is 23.2 Å². The first-order chi connectivity index (χ1) is 15.1. The Bertz CT molecular complexity index is 908. The van der Waals surface area contributed by atoms with Gasteiger partial charge in [-0.05, 0) is 48.9 Å². The highest BCUT2D eigenvalue weighted by Gasteiger charge is 2.43. The monoisotopic (exact) mass is 442 g/mol. The lowest BCUT2D eigenvalue weighted by molar-refractivity contribution is -0.159. The van der Waals surface area contributed by atoms with Crippen molar-refractivity contribution in [3.8, 4) is 11.5 Å². The molecule has 2 aromatic rings. The van der Waals surface area contributed by atoms with Crippen LogP contribution in [0.3, 0.4) is 0 Å². The van der Waals surface area contributed by atoms with Crippen molar-refractivity contribution in [1.82, 2.24) is 9.80 Å². The summed E-state index contributed by atoms with van der Waals surface area (Å²) in [6, 6.07) is 9.03. The molecular formula is C24H30N2O4S. The van der Waals surface area contributed by atoms with E-state index in [4.69, 9.17) is 9.47 Å². The van der Waals surface area contributed by atoms with E-state index in [0.29, 0.717) is 24.7 Å². The molecule has 1 aliphatic heterocycles. The molecule has 1 aromatic carbocycles. The van der Waals surface area contributed by atoms with Crippen LogP contribution in [0.2, 0.25) is 0 Å². The van der Waals surface area contributed by atoms with E-state index in [2.05, 4.69) is 0 Å². The molecule has 31 heavy (non-hydrogen) atoms. The lowest BCUT2D eigenvalue weighted by atomic mass is 9.91. The highest BCUT2D eigenvalue weighted by molar-refractivity contribution is 7.09. The number of benzene rings is 1. The summed E-state index contributed by atoms with van der Waals surface area (Å²) < 4.78 is 11.2. The van der Waals surface area contributed by atoms with Gasteiger partial charge in [-0.2, -0.15) is 0 Å². The van der Waals surface area contributed by atoms with E-state index in [9.17, 15) is 9.59 Å². The summed E-state index contributed by atoms with van der Waals surface area (Å²) in [5.41, 5.74) is 0.760. The third-order valence-electron chi connectivity index (χ3n) is 6.18. The Morgan fingerprint density at radius 3 is 2.58 bits per heavy atom. The van der Waals surface area contributed by atoms with Gasteiger partial charge in [-0.3, -0.25) is 9.59 Å². The Morgan fingerprint density at radius 2 is 1.90 bits per heavy atom. The van der Waals surface area contributed by atoms with Gasteiger partial charge in [0, 0.05) is 10.9 Å². The van der Waals surface area contributed by atoms with Crippen molar-refractivity contribution in [2.75, 3.05) is 20.3 Å². The molecule has 1 aromatic heterocycles. The molecule has 4 rings (SSSR count). The van der Waals surface area contributed by atoms with Gasteiger partial charge in [0.25, 0.3) is 5.91 Å². The third-order valence-corrected chi connectivity index (χ3v) is 7.04. The van der Waals surface area contributed by atoms with E-state index in [1.165, 1.54) is 6.42 Å². The number of piperazine rings is 1. The van der Waals surface area contributed by atoms with Crippen LogP contribution in [-0.4, -0.2) is 47.9 Å². The second kappa shape index (κ2) is 9.73. The van der Waals surface area contributed by atoms with E-state index >= 15 is 0 Å². The molecule has 6 nitrogen and oxygen atoms in total. The fourth-order valence-corrected chi connectivity index (χ4v) is 5.35. The first kappa shape index (κ1) is 21.7. The Hall–Kier alpha value is -2.54. The first-order valence-corrected chi connectivity index (χ1v) is 11.9. The molecule has 0 bridgehead atoms. The molecule has 2 amide bonds. The minimum Gasteiger partial charge on any atom is -0.493 e. The number of methoxy groups -OCH3 is 1. The Balaban J connectivity index is 1.70. The maximum Gasteiger partial charge on any atom is 0.250 e. The van der Waals surface area contributed by atoms with E-state index in [-0.39, 0.29) is 24.4 Å². The van der Waals surface area contributed by atoms with Gasteiger partial charge in [0.15, 0.2) is 11.5 Å². The molecule has 0 unspecified atom stereocenters. The van der Waals surface area contributed by atoms with Gasteiger partial charge in [0.05, 0.1) is 20.3 Å². The second-order valence-corrected chi connectivity index (χ2v) is 9.14. The van der Waals surface area contributed by atoms with Gasteiger partial charge in [-0.1, -0.05) is 31.4 Å². The zero-order chi connectivity index (χ0) is 21.8. The lowest BCUT2D eigenvalue weighted by Gasteiger charge is -2.44. The largest absolute Gasteiger partial charge is 0.493 e. The summed E-state index contributed by atoms with van der Waals surface area (Å²) in [5, 5.41) is 1.99. The molecule has 1 aliphatic carbocycles. The highest BCUT2D eigenvalue weighted by Crippen LogP contribution is 2.37. The van der Waals surface area contributed by atoms with E-state index in [1.54, 1.807) is 23.3 Å². The highest BCUT2D eigenvalue weighted by atomic mass is 32.1. The SMILES string of the molecule is CCOc1ccc([C@H]2C(=O)N(C3CCCCC3)CC(=O)N2Cc2cccs2)cc1OC. The molecule has 0 spiro atoms. The number of amides is 2. The molecule has 1 saturated heterocycles. The maximum atomic E-state index is 13.8. The standard InChI is InChI=1S/C24H30N2O4S/c1-3-30-20-12-11-17(14-21(20)29-2)23-24(28)25(18-8-5-4-6-9-18)16-22(27)26(23)15-19-10-7-13-31-19/h7,10-14,18,23H,3-6,8-9,15-16H2,1-2H3/t23-/m0/s1. The molecule has 7 heteroatoms. The molecule has 1 saturated carbocycles. The predicted molar refractivity (Wildman–Crippen MR) is 120 cm³/mol. The van der Waals surface area contributed by atoms with Crippen LogP contribution in [0, 0.1) is 0 Å². The molecule has 0 radical (unpaired) electrons. The maximum absolute atomic E-state index is 13.8. The van der Waals surface area contributed by atoms with Crippen LogP contribution in [0.15, 0.2) is 35.7 Å². The van der Waals surface area contributed by atoms with Gasteiger partial charge in [-0.15, -0.1) is 11.3 Å². The number of thiophene rings is 1. The number of nitrogens with zero attached hydrogens (tertiary/aromatic N) is 2.